The van der Waals surface area contributed by atoms with Gasteiger partial charge < -0.3 is 10.1 Å². The van der Waals surface area contributed by atoms with E-state index in [-0.39, 0.29) is 16.3 Å². The van der Waals surface area contributed by atoms with Crippen LogP contribution in [0.4, 0.5) is 24.5 Å². The zero-order valence-corrected chi connectivity index (χ0v) is 20.0. The fourth-order valence-corrected chi connectivity index (χ4v) is 4.90. The minimum absolute atomic E-state index is 0.173. The van der Waals surface area contributed by atoms with Gasteiger partial charge >= 0.3 is 6.18 Å². The Balaban J connectivity index is 1.66. The predicted molar refractivity (Wildman–Crippen MR) is 134 cm³/mol. The molecule has 0 radical (unpaired) electrons. The van der Waals surface area contributed by atoms with E-state index < -0.39 is 34.2 Å². The van der Waals surface area contributed by atoms with Gasteiger partial charge in [0.2, 0.25) is 5.91 Å². The summed E-state index contributed by atoms with van der Waals surface area (Å²) in [7, 11) is -4.39. The molecule has 0 atom stereocenters. The van der Waals surface area contributed by atoms with E-state index >= 15 is 0 Å². The highest BCUT2D eigenvalue weighted by Crippen LogP contribution is 2.34. The maximum atomic E-state index is 13.4. The van der Waals surface area contributed by atoms with E-state index in [1.807, 2.05) is 6.07 Å². The molecule has 4 rings (SSSR count). The largest absolute Gasteiger partial charge is 0.455 e. The number of rotatable bonds is 8. The van der Waals surface area contributed by atoms with Crippen molar-refractivity contribution in [3.05, 3.63) is 115 Å². The number of nitrogens with zero attached hydrogens (tertiary/aromatic N) is 1. The number of halogens is 3. The zero-order valence-electron chi connectivity index (χ0n) is 19.2. The van der Waals surface area contributed by atoms with Crippen LogP contribution in [0, 0.1) is 0 Å². The van der Waals surface area contributed by atoms with Gasteiger partial charge in [0.1, 0.15) is 12.3 Å². The minimum Gasteiger partial charge on any atom is -0.455 e. The monoisotopic (exact) mass is 526 g/mol. The molecule has 0 bridgehead atoms. The molecule has 0 aromatic heterocycles. The van der Waals surface area contributed by atoms with Gasteiger partial charge in [-0.25, -0.2) is 8.42 Å². The summed E-state index contributed by atoms with van der Waals surface area (Å²) < 4.78 is 73.4. The molecule has 190 valence electrons. The van der Waals surface area contributed by atoms with E-state index in [0.717, 1.165) is 12.1 Å². The lowest BCUT2D eigenvalue weighted by atomic mass is 10.2. The number of benzene rings is 4. The molecule has 1 N–H and O–H groups in total. The van der Waals surface area contributed by atoms with Gasteiger partial charge in [0, 0.05) is 0 Å². The fraction of sp³-hybridized carbons (Fsp3) is 0.0741. The Bertz CT molecular complexity index is 1480. The molecule has 6 nitrogen and oxygen atoms in total. The summed E-state index contributed by atoms with van der Waals surface area (Å²) in [6, 6.07) is 26.3. The predicted octanol–water partition coefficient (Wildman–Crippen LogP) is 6.33. The number of amides is 1. The summed E-state index contributed by atoms with van der Waals surface area (Å²) in [6.45, 7) is -0.780. The maximum absolute atomic E-state index is 13.4. The summed E-state index contributed by atoms with van der Waals surface area (Å²) in [5, 5.41) is 2.61. The normalized spacial score (nSPS) is 11.5. The lowest BCUT2D eigenvalue weighted by Gasteiger charge is -2.25. The first-order valence-corrected chi connectivity index (χ1v) is 12.5. The molecule has 1 amide bonds. The third-order valence-corrected chi connectivity index (χ3v) is 7.00. The van der Waals surface area contributed by atoms with Crippen LogP contribution < -0.4 is 14.4 Å². The highest BCUT2D eigenvalue weighted by molar-refractivity contribution is 7.92. The van der Waals surface area contributed by atoms with Gasteiger partial charge in [-0.15, -0.1) is 0 Å². The first-order valence-electron chi connectivity index (χ1n) is 11.0. The smallest absolute Gasteiger partial charge is 0.416 e. The van der Waals surface area contributed by atoms with E-state index in [4.69, 9.17) is 4.74 Å². The van der Waals surface area contributed by atoms with E-state index in [2.05, 4.69) is 5.32 Å². The molecular formula is C27H21F3N2O4S. The molecule has 0 heterocycles. The van der Waals surface area contributed by atoms with Crippen LogP contribution >= 0.6 is 0 Å². The third kappa shape index (κ3) is 6.28. The first kappa shape index (κ1) is 25.8. The van der Waals surface area contributed by atoms with Gasteiger partial charge in [-0.1, -0.05) is 54.6 Å². The number of sulfonamides is 1. The minimum atomic E-state index is -4.70. The number of ether oxygens (including phenoxy) is 1. The highest BCUT2D eigenvalue weighted by Gasteiger charge is 2.33. The fourth-order valence-electron chi connectivity index (χ4n) is 3.47. The van der Waals surface area contributed by atoms with Crippen molar-refractivity contribution in [2.24, 2.45) is 0 Å². The van der Waals surface area contributed by atoms with E-state index in [1.165, 1.54) is 30.3 Å². The van der Waals surface area contributed by atoms with Gasteiger partial charge in [0.05, 0.1) is 21.8 Å². The molecule has 10 heteroatoms. The second-order valence-corrected chi connectivity index (χ2v) is 9.69. The van der Waals surface area contributed by atoms with Gasteiger partial charge in [0.15, 0.2) is 5.75 Å². The molecule has 0 saturated carbocycles. The van der Waals surface area contributed by atoms with Crippen molar-refractivity contribution >= 4 is 27.3 Å². The number of anilines is 2. The van der Waals surface area contributed by atoms with Crippen LogP contribution in [0.1, 0.15) is 5.56 Å². The van der Waals surface area contributed by atoms with Crippen molar-refractivity contribution in [3.63, 3.8) is 0 Å². The summed E-state index contributed by atoms with van der Waals surface area (Å²) in [5.41, 5.74) is -1.08. The van der Waals surface area contributed by atoms with Crippen LogP contribution in [-0.2, 0) is 21.0 Å². The molecule has 0 spiro atoms. The average Bonchev–Trinajstić information content (AvgIpc) is 2.89. The Hall–Kier alpha value is -4.31. The summed E-state index contributed by atoms with van der Waals surface area (Å²) in [4.78, 5) is 12.9. The number of alkyl halides is 3. The molecule has 0 unspecified atom stereocenters. The second-order valence-electron chi connectivity index (χ2n) is 7.83. The van der Waals surface area contributed by atoms with Crippen molar-refractivity contribution < 1.29 is 31.1 Å². The Kier molecular flexibility index (Phi) is 7.49. The zero-order chi connectivity index (χ0) is 26.5. The Morgan fingerprint density at radius 2 is 1.43 bits per heavy atom. The van der Waals surface area contributed by atoms with Crippen LogP contribution in [0.3, 0.4) is 0 Å². The molecule has 0 aliphatic carbocycles. The van der Waals surface area contributed by atoms with Crippen molar-refractivity contribution in [3.8, 4) is 11.5 Å². The standard InChI is InChI=1S/C27H21F3N2O4S/c28-27(29,30)20-10-9-11-21(18-20)32(37(34,35)23-14-5-2-6-15-23)19-26(33)31-24-16-7-8-17-25(24)36-22-12-3-1-4-13-22/h1-18H,19H2,(H,31,33). The number of carbonyl (C=O) groups is 1. The Morgan fingerprint density at radius 3 is 2.11 bits per heavy atom. The lowest BCUT2D eigenvalue weighted by molar-refractivity contribution is -0.137. The number of hydrogen-bond acceptors (Lipinski definition) is 4. The topological polar surface area (TPSA) is 75.7 Å². The van der Waals surface area contributed by atoms with E-state index in [0.29, 0.717) is 21.9 Å². The van der Waals surface area contributed by atoms with E-state index in [9.17, 15) is 26.4 Å². The van der Waals surface area contributed by atoms with Crippen molar-refractivity contribution in [1.82, 2.24) is 0 Å². The highest BCUT2D eigenvalue weighted by atomic mass is 32.2. The van der Waals surface area contributed by atoms with Crippen molar-refractivity contribution in [1.29, 1.82) is 0 Å². The van der Waals surface area contributed by atoms with Crippen molar-refractivity contribution in [2.45, 2.75) is 11.1 Å². The quantitative estimate of drug-likeness (QED) is 0.291. The lowest BCUT2D eigenvalue weighted by Crippen LogP contribution is -2.38. The Morgan fingerprint density at radius 1 is 0.811 bits per heavy atom. The molecular weight excluding hydrogens is 505 g/mol. The summed E-state index contributed by atoms with van der Waals surface area (Å²) in [6.07, 6.45) is -4.70. The molecule has 0 fully saturated rings. The maximum Gasteiger partial charge on any atom is 0.416 e. The van der Waals surface area contributed by atoms with Crippen molar-refractivity contribution in [2.75, 3.05) is 16.2 Å². The number of para-hydroxylation sites is 3. The van der Waals surface area contributed by atoms with Gasteiger partial charge in [-0.05, 0) is 54.6 Å². The van der Waals surface area contributed by atoms with Gasteiger partial charge in [0.25, 0.3) is 10.0 Å². The number of carbonyl (C=O) groups excluding carboxylic acids is 1. The number of hydrogen-bond donors (Lipinski definition) is 1. The molecule has 37 heavy (non-hydrogen) atoms. The van der Waals surface area contributed by atoms with Crippen LogP contribution in [0.25, 0.3) is 0 Å². The molecule has 4 aromatic rings. The molecule has 0 aliphatic rings. The third-order valence-electron chi connectivity index (χ3n) is 5.21. The first-order chi connectivity index (χ1) is 17.6. The summed E-state index contributed by atoms with van der Waals surface area (Å²) in [5.74, 6) is 0.0426. The summed E-state index contributed by atoms with van der Waals surface area (Å²) >= 11 is 0. The van der Waals surface area contributed by atoms with Gasteiger partial charge in [-0.3, -0.25) is 9.10 Å². The van der Waals surface area contributed by atoms with Crippen LogP contribution in [-0.4, -0.2) is 20.9 Å². The van der Waals surface area contributed by atoms with E-state index in [1.54, 1.807) is 54.6 Å². The van der Waals surface area contributed by atoms with Gasteiger partial charge in [-0.2, -0.15) is 13.2 Å². The Labute approximate surface area is 212 Å². The number of nitrogens with one attached hydrogen (secondary N) is 1. The SMILES string of the molecule is O=C(CN(c1cccc(C(F)(F)F)c1)S(=O)(=O)c1ccccc1)Nc1ccccc1Oc1ccccc1. The van der Waals surface area contributed by atoms with Crippen LogP contribution in [0.5, 0.6) is 11.5 Å². The molecule has 0 saturated heterocycles. The molecule has 4 aromatic carbocycles. The van der Waals surface area contributed by atoms with Crippen LogP contribution in [0.15, 0.2) is 114 Å². The van der Waals surface area contributed by atoms with Crippen LogP contribution in [0.2, 0.25) is 0 Å². The average molecular weight is 527 g/mol. The molecule has 0 aliphatic heterocycles. The second kappa shape index (κ2) is 10.8.